The summed E-state index contributed by atoms with van der Waals surface area (Å²) in [6.45, 7) is 5.05. The number of aliphatic hydroxyl groups is 1. The van der Waals surface area contributed by atoms with Gasteiger partial charge in [-0.3, -0.25) is 4.68 Å². The van der Waals surface area contributed by atoms with Gasteiger partial charge in [0.15, 0.2) is 0 Å². The second-order valence-corrected chi connectivity index (χ2v) is 5.60. The molecule has 4 heteroatoms. The van der Waals surface area contributed by atoms with Crippen molar-refractivity contribution in [2.75, 3.05) is 7.11 Å². The average molecular weight is 266 g/mol. The van der Waals surface area contributed by atoms with Crippen LogP contribution in [0.25, 0.3) is 0 Å². The SMILES string of the molecule is CCc1cc(CC(O)CC2(OC)CCC2)n(CC)n1. The number of rotatable bonds is 7. The quantitative estimate of drug-likeness (QED) is 0.824. The summed E-state index contributed by atoms with van der Waals surface area (Å²) in [5, 5.41) is 14.8. The van der Waals surface area contributed by atoms with Gasteiger partial charge in [0.1, 0.15) is 0 Å². The molecule has 1 atom stereocenters. The van der Waals surface area contributed by atoms with E-state index in [0.717, 1.165) is 43.6 Å². The van der Waals surface area contributed by atoms with Crippen LogP contribution in [0.2, 0.25) is 0 Å². The molecule has 0 bridgehead atoms. The number of hydrogen-bond acceptors (Lipinski definition) is 3. The highest BCUT2D eigenvalue weighted by Gasteiger charge is 2.38. The van der Waals surface area contributed by atoms with Crippen molar-refractivity contribution < 1.29 is 9.84 Å². The minimum Gasteiger partial charge on any atom is -0.393 e. The Kier molecular flexibility index (Phi) is 4.63. The van der Waals surface area contributed by atoms with Gasteiger partial charge in [0.05, 0.1) is 17.4 Å². The van der Waals surface area contributed by atoms with Crippen molar-refractivity contribution in [3.63, 3.8) is 0 Å². The highest BCUT2D eigenvalue weighted by Crippen LogP contribution is 2.39. The second kappa shape index (κ2) is 6.06. The third-order valence-electron chi connectivity index (χ3n) is 4.33. The third-order valence-corrected chi connectivity index (χ3v) is 4.33. The average Bonchev–Trinajstić information content (AvgIpc) is 2.76. The zero-order chi connectivity index (χ0) is 13.9. The first-order chi connectivity index (χ1) is 9.12. The normalized spacial score (nSPS) is 19.2. The molecule has 1 N–H and O–H groups in total. The number of ether oxygens (including phenoxy) is 1. The number of aryl methyl sites for hydroxylation is 2. The first-order valence-electron chi connectivity index (χ1n) is 7.41. The summed E-state index contributed by atoms with van der Waals surface area (Å²) in [7, 11) is 1.76. The zero-order valence-corrected chi connectivity index (χ0v) is 12.4. The van der Waals surface area contributed by atoms with Gasteiger partial charge >= 0.3 is 0 Å². The number of hydrogen-bond donors (Lipinski definition) is 1. The van der Waals surface area contributed by atoms with E-state index in [1.165, 1.54) is 6.42 Å². The fourth-order valence-corrected chi connectivity index (χ4v) is 2.93. The van der Waals surface area contributed by atoms with E-state index in [-0.39, 0.29) is 11.7 Å². The molecule has 1 fully saturated rings. The molecule has 1 aliphatic rings. The van der Waals surface area contributed by atoms with Crippen LogP contribution in [0.4, 0.5) is 0 Å². The molecule has 1 aromatic rings. The second-order valence-electron chi connectivity index (χ2n) is 5.60. The Morgan fingerprint density at radius 2 is 2.21 bits per heavy atom. The molecule has 2 rings (SSSR count). The molecule has 0 amide bonds. The van der Waals surface area contributed by atoms with E-state index < -0.39 is 0 Å². The van der Waals surface area contributed by atoms with Crippen LogP contribution in [-0.4, -0.2) is 33.7 Å². The van der Waals surface area contributed by atoms with E-state index >= 15 is 0 Å². The van der Waals surface area contributed by atoms with Crippen LogP contribution < -0.4 is 0 Å². The molecular formula is C15H26N2O2. The predicted octanol–water partition coefficient (Wildman–Crippen LogP) is 2.33. The van der Waals surface area contributed by atoms with Gasteiger partial charge in [0, 0.05) is 32.2 Å². The van der Waals surface area contributed by atoms with Crippen LogP contribution in [0, 0.1) is 0 Å². The topological polar surface area (TPSA) is 47.3 Å². The standard InChI is InChI=1S/C15H26N2O2/c1-4-12-9-13(17(5-2)16-12)10-14(18)11-15(19-3)7-6-8-15/h9,14,18H,4-8,10-11H2,1-3H3. The molecule has 1 aromatic heterocycles. The van der Waals surface area contributed by atoms with Crippen LogP contribution in [0.15, 0.2) is 6.07 Å². The molecule has 0 saturated heterocycles. The first kappa shape index (κ1) is 14.5. The Labute approximate surface area is 115 Å². The molecule has 1 unspecified atom stereocenters. The summed E-state index contributed by atoms with van der Waals surface area (Å²) in [5.41, 5.74) is 2.18. The largest absolute Gasteiger partial charge is 0.393 e. The number of aliphatic hydroxyl groups excluding tert-OH is 1. The van der Waals surface area contributed by atoms with Crippen molar-refractivity contribution >= 4 is 0 Å². The summed E-state index contributed by atoms with van der Waals surface area (Å²) in [6, 6.07) is 2.12. The molecule has 0 radical (unpaired) electrons. The zero-order valence-electron chi connectivity index (χ0n) is 12.4. The third kappa shape index (κ3) is 3.18. The van der Waals surface area contributed by atoms with Crippen molar-refractivity contribution in [1.82, 2.24) is 9.78 Å². The molecule has 4 nitrogen and oxygen atoms in total. The van der Waals surface area contributed by atoms with Gasteiger partial charge in [-0.15, -0.1) is 0 Å². The smallest absolute Gasteiger partial charge is 0.0703 e. The van der Waals surface area contributed by atoms with E-state index in [1.54, 1.807) is 7.11 Å². The van der Waals surface area contributed by atoms with Gasteiger partial charge in [-0.2, -0.15) is 5.10 Å². The molecule has 0 aliphatic heterocycles. The summed E-state index contributed by atoms with van der Waals surface area (Å²) in [5.74, 6) is 0. The van der Waals surface area contributed by atoms with Gasteiger partial charge in [-0.25, -0.2) is 0 Å². The van der Waals surface area contributed by atoms with E-state index in [9.17, 15) is 5.11 Å². The van der Waals surface area contributed by atoms with Gasteiger partial charge in [-0.1, -0.05) is 6.92 Å². The van der Waals surface area contributed by atoms with Crippen molar-refractivity contribution in [2.24, 2.45) is 0 Å². The maximum absolute atomic E-state index is 10.3. The fourth-order valence-electron chi connectivity index (χ4n) is 2.93. The highest BCUT2D eigenvalue weighted by molar-refractivity contribution is 5.12. The Bertz CT molecular complexity index is 405. The molecular weight excluding hydrogens is 240 g/mol. The Morgan fingerprint density at radius 1 is 1.47 bits per heavy atom. The van der Waals surface area contributed by atoms with Crippen LogP contribution in [0.1, 0.15) is 50.9 Å². The lowest BCUT2D eigenvalue weighted by atomic mass is 9.75. The van der Waals surface area contributed by atoms with E-state index in [1.807, 2.05) is 4.68 Å². The van der Waals surface area contributed by atoms with E-state index in [4.69, 9.17) is 4.74 Å². The summed E-state index contributed by atoms with van der Waals surface area (Å²) in [4.78, 5) is 0. The van der Waals surface area contributed by atoms with Gasteiger partial charge in [0.2, 0.25) is 0 Å². The van der Waals surface area contributed by atoms with Crippen LogP contribution >= 0.6 is 0 Å². The molecule has 1 aliphatic carbocycles. The number of methoxy groups -OCH3 is 1. The Balaban J connectivity index is 1.98. The van der Waals surface area contributed by atoms with Crippen LogP contribution in [0.5, 0.6) is 0 Å². The van der Waals surface area contributed by atoms with Crippen molar-refractivity contribution in [2.45, 2.75) is 70.6 Å². The molecule has 0 aromatic carbocycles. The minimum absolute atomic E-state index is 0.0654. The van der Waals surface area contributed by atoms with Gasteiger partial charge in [-0.05, 0) is 38.7 Å². The predicted molar refractivity (Wildman–Crippen MR) is 75.2 cm³/mol. The minimum atomic E-state index is -0.341. The highest BCUT2D eigenvalue weighted by atomic mass is 16.5. The number of aromatic nitrogens is 2. The molecule has 108 valence electrons. The lowest BCUT2D eigenvalue weighted by molar-refractivity contribution is -0.0990. The van der Waals surface area contributed by atoms with E-state index in [0.29, 0.717) is 6.42 Å². The molecule has 1 saturated carbocycles. The molecule has 19 heavy (non-hydrogen) atoms. The summed E-state index contributed by atoms with van der Waals surface area (Å²) in [6.07, 6.45) is 5.38. The fraction of sp³-hybridized carbons (Fsp3) is 0.800. The maximum atomic E-state index is 10.3. The van der Waals surface area contributed by atoms with E-state index in [2.05, 4.69) is 25.0 Å². The monoisotopic (exact) mass is 266 g/mol. The number of nitrogens with zero attached hydrogens (tertiary/aromatic N) is 2. The summed E-state index contributed by atoms with van der Waals surface area (Å²) < 4.78 is 7.58. The van der Waals surface area contributed by atoms with Crippen LogP contribution in [0.3, 0.4) is 0 Å². The van der Waals surface area contributed by atoms with Crippen molar-refractivity contribution in [3.05, 3.63) is 17.5 Å². The lowest BCUT2D eigenvalue weighted by Gasteiger charge is -2.41. The van der Waals surface area contributed by atoms with Crippen molar-refractivity contribution in [3.8, 4) is 0 Å². The maximum Gasteiger partial charge on any atom is 0.0703 e. The molecule has 1 heterocycles. The van der Waals surface area contributed by atoms with Gasteiger partial charge < -0.3 is 9.84 Å². The van der Waals surface area contributed by atoms with Gasteiger partial charge in [0.25, 0.3) is 0 Å². The van der Waals surface area contributed by atoms with Crippen LogP contribution in [-0.2, 0) is 24.1 Å². The van der Waals surface area contributed by atoms with Crippen molar-refractivity contribution in [1.29, 1.82) is 0 Å². The Morgan fingerprint density at radius 3 is 2.68 bits per heavy atom. The lowest BCUT2D eigenvalue weighted by Crippen LogP contribution is -2.42. The summed E-state index contributed by atoms with van der Waals surface area (Å²) >= 11 is 0. The molecule has 0 spiro atoms. The first-order valence-corrected chi connectivity index (χ1v) is 7.41. The Hall–Kier alpha value is -0.870.